The summed E-state index contributed by atoms with van der Waals surface area (Å²) in [6.45, 7) is 1.05. The van der Waals surface area contributed by atoms with Crippen LogP contribution in [0.25, 0.3) is 12.2 Å². The van der Waals surface area contributed by atoms with Crippen molar-refractivity contribution in [1.29, 1.82) is 0 Å². The van der Waals surface area contributed by atoms with Crippen molar-refractivity contribution in [2.45, 2.75) is 25.3 Å². The number of rotatable bonds is 12. The monoisotopic (exact) mass is 538 g/mol. The van der Waals surface area contributed by atoms with Gasteiger partial charge >= 0.3 is 6.09 Å². The number of aliphatic hydroxyl groups excluding tert-OH is 1. The van der Waals surface area contributed by atoms with E-state index in [1.54, 1.807) is 53.5 Å². The lowest BCUT2D eigenvalue weighted by Gasteiger charge is -2.29. The number of likely N-dealkylation sites (tertiary alicyclic amines) is 1. The van der Waals surface area contributed by atoms with Gasteiger partial charge in [0.15, 0.2) is 34.6 Å². The summed E-state index contributed by atoms with van der Waals surface area (Å²) < 4.78 is 21.5. The normalized spacial score (nSPS) is 15.4. The number of aliphatic hydroxyl groups is 1. The van der Waals surface area contributed by atoms with Gasteiger partial charge in [0, 0.05) is 19.1 Å². The molecule has 0 radical (unpaired) electrons. The smallest absolute Gasteiger partial charge is 0.415 e. The highest BCUT2D eigenvalue weighted by Crippen LogP contribution is 2.30. The molecule has 2 aromatic rings. The van der Waals surface area contributed by atoms with Gasteiger partial charge in [0.05, 0.1) is 27.2 Å². The molecule has 3 N–H and O–H groups in total. The average molecular weight is 539 g/mol. The maximum atomic E-state index is 12.5. The van der Waals surface area contributed by atoms with Gasteiger partial charge in [-0.1, -0.05) is 24.3 Å². The van der Waals surface area contributed by atoms with E-state index < -0.39 is 6.09 Å². The predicted octanol–water partition coefficient (Wildman–Crippen LogP) is 3.25. The number of ether oxygens (including phenoxy) is 4. The molecule has 0 spiro atoms. The largest absolute Gasteiger partial charge is 0.493 e. The van der Waals surface area contributed by atoms with Crippen LogP contribution in [0.1, 0.15) is 30.4 Å². The van der Waals surface area contributed by atoms with Crippen LogP contribution in [-0.4, -0.2) is 74.2 Å². The van der Waals surface area contributed by atoms with Gasteiger partial charge in [-0.3, -0.25) is 9.59 Å². The van der Waals surface area contributed by atoms with Crippen LogP contribution in [0.4, 0.5) is 4.79 Å². The second kappa shape index (κ2) is 14.7. The predicted molar refractivity (Wildman–Crippen MR) is 146 cm³/mol. The Balaban J connectivity index is 1.56. The molecule has 0 aliphatic carbocycles. The topological polar surface area (TPSA) is 138 Å². The minimum atomic E-state index is -0.488. The highest BCUT2D eigenvalue weighted by atomic mass is 16.6. The number of amides is 1. The van der Waals surface area contributed by atoms with E-state index in [9.17, 15) is 14.4 Å². The number of hydrogen-bond donors (Lipinski definition) is 2. The van der Waals surface area contributed by atoms with Crippen LogP contribution in [0.3, 0.4) is 0 Å². The zero-order chi connectivity index (χ0) is 28.2. The highest BCUT2D eigenvalue weighted by Gasteiger charge is 2.23. The standard InChI is InChI=1S/C29H34N2O8/c1-36-27-16-20(7-11-25(27)38-15-14-32)5-9-23(33)18-24(34)10-6-21-8-12-26(28(17-21)37-2)39-29(35)31-13-3-4-22(30)19-31/h5-12,16-17,22,32H,3-4,13-15,18-19,30H2,1-2H3/b9-5+,10-6+. The van der Waals surface area contributed by atoms with E-state index >= 15 is 0 Å². The average Bonchev–Trinajstić information content (AvgIpc) is 2.94. The first-order valence-electron chi connectivity index (χ1n) is 12.6. The SMILES string of the molecule is COc1cc(/C=C/C(=O)CC(=O)/C=C/c2ccc(OC(=O)N3CCCC(N)C3)c(OC)c2)ccc1OCCO. The van der Waals surface area contributed by atoms with E-state index in [0.717, 1.165) is 12.8 Å². The molecule has 0 saturated carbocycles. The second-order valence-electron chi connectivity index (χ2n) is 8.89. The van der Waals surface area contributed by atoms with E-state index in [-0.39, 0.29) is 43.0 Å². The van der Waals surface area contributed by atoms with Crippen LogP contribution >= 0.6 is 0 Å². The summed E-state index contributed by atoms with van der Waals surface area (Å²) in [5, 5.41) is 8.90. The Morgan fingerprint density at radius 3 is 2.10 bits per heavy atom. The summed E-state index contributed by atoms with van der Waals surface area (Å²) in [6, 6.07) is 9.94. The Bertz CT molecular complexity index is 1220. The van der Waals surface area contributed by atoms with E-state index in [0.29, 0.717) is 41.5 Å². The number of methoxy groups -OCH3 is 2. The number of benzene rings is 2. The van der Waals surface area contributed by atoms with Gasteiger partial charge in [0.1, 0.15) is 6.61 Å². The summed E-state index contributed by atoms with van der Waals surface area (Å²) in [5.41, 5.74) is 7.27. The van der Waals surface area contributed by atoms with Crippen LogP contribution in [0.5, 0.6) is 23.0 Å². The molecule has 39 heavy (non-hydrogen) atoms. The van der Waals surface area contributed by atoms with Crippen LogP contribution in [0, 0.1) is 0 Å². The minimum absolute atomic E-state index is 0.0615. The molecule has 10 heteroatoms. The Morgan fingerprint density at radius 1 is 0.949 bits per heavy atom. The minimum Gasteiger partial charge on any atom is -0.493 e. The van der Waals surface area contributed by atoms with Gasteiger partial charge in [0.2, 0.25) is 0 Å². The molecule has 2 aromatic carbocycles. The van der Waals surface area contributed by atoms with Crippen LogP contribution in [0.15, 0.2) is 48.6 Å². The molecule has 1 heterocycles. The van der Waals surface area contributed by atoms with E-state index in [2.05, 4.69) is 0 Å². The molecule has 208 valence electrons. The summed E-state index contributed by atoms with van der Waals surface area (Å²) in [7, 11) is 2.95. The molecule has 0 bridgehead atoms. The molecule has 1 fully saturated rings. The van der Waals surface area contributed by atoms with Gasteiger partial charge in [-0.2, -0.15) is 0 Å². The number of carbonyl (C=O) groups excluding carboxylic acids is 3. The molecule has 1 saturated heterocycles. The lowest BCUT2D eigenvalue weighted by atomic mass is 10.1. The third-order valence-corrected chi connectivity index (χ3v) is 5.91. The van der Waals surface area contributed by atoms with Crippen LogP contribution in [0.2, 0.25) is 0 Å². The first kappa shape index (κ1) is 29.4. The molecule has 1 amide bonds. The molecule has 1 aliphatic rings. The van der Waals surface area contributed by atoms with Crippen molar-refractivity contribution in [1.82, 2.24) is 4.90 Å². The number of allylic oxidation sites excluding steroid dienone is 2. The Hall–Kier alpha value is -4.15. The number of piperidine rings is 1. The maximum Gasteiger partial charge on any atom is 0.415 e. The maximum absolute atomic E-state index is 12.5. The number of hydrogen-bond acceptors (Lipinski definition) is 9. The van der Waals surface area contributed by atoms with Crippen LogP contribution < -0.4 is 24.7 Å². The zero-order valence-electron chi connectivity index (χ0n) is 22.1. The molecule has 1 atom stereocenters. The lowest BCUT2D eigenvalue weighted by Crippen LogP contribution is -2.46. The lowest BCUT2D eigenvalue weighted by molar-refractivity contribution is -0.121. The second-order valence-corrected chi connectivity index (χ2v) is 8.89. The van der Waals surface area contributed by atoms with Crippen molar-refractivity contribution < 1.29 is 38.4 Å². The van der Waals surface area contributed by atoms with E-state index in [1.807, 2.05) is 0 Å². The van der Waals surface area contributed by atoms with Gasteiger partial charge in [-0.05, 0) is 60.4 Å². The van der Waals surface area contributed by atoms with Crippen molar-refractivity contribution in [3.05, 3.63) is 59.7 Å². The van der Waals surface area contributed by atoms with Crippen molar-refractivity contribution in [2.24, 2.45) is 5.73 Å². The zero-order valence-corrected chi connectivity index (χ0v) is 22.1. The van der Waals surface area contributed by atoms with Gasteiger partial charge in [-0.25, -0.2) is 4.79 Å². The molecular formula is C29H34N2O8. The molecule has 10 nitrogen and oxygen atoms in total. The molecule has 0 aromatic heterocycles. The van der Waals surface area contributed by atoms with Gasteiger partial charge in [-0.15, -0.1) is 0 Å². The highest BCUT2D eigenvalue weighted by molar-refractivity contribution is 6.10. The Kier molecular flexibility index (Phi) is 11.1. The Labute approximate surface area is 227 Å². The van der Waals surface area contributed by atoms with Gasteiger partial charge < -0.3 is 34.7 Å². The van der Waals surface area contributed by atoms with Crippen molar-refractivity contribution in [3.63, 3.8) is 0 Å². The molecular weight excluding hydrogens is 504 g/mol. The molecule has 1 aliphatic heterocycles. The first-order chi connectivity index (χ1) is 18.8. The van der Waals surface area contributed by atoms with Crippen LogP contribution in [-0.2, 0) is 9.59 Å². The summed E-state index contributed by atoms with van der Waals surface area (Å²) in [6.07, 6.45) is 6.71. The fraction of sp³-hybridized carbons (Fsp3) is 0.345. The molecule has 1 unspecified atom stereocenters. The fourth-order valence-electron chi connectivity index (χ4n) is 3.94. The summed E-state index contributed by atoms with van der Waals surface area (Å²) in [5.74, 6) is 0.804. The third kappa shape index (κ3) is 8.98. The van der Waals surface area contributed by atoms with Gasteiger partial charge in [0.25, 0.3) is 0 Å². The Morgan fingerprint density at radius 2 is 1.54 bits per heavy atom. The number of nitrogens with two attached hydrogens (primary N) is 1. The first-order valence-corrected chi connectivity index (χ1v) is 12.6. The fourth-order valence-corrected chi connectivity index (χ4v) is 3.94. The summed E-state index contributed by atoms with van der Waals surface area (Å²) in [4.78, 5) is 38.7. The number of carbonyl (C=O) groups is 3. The van der Waals surface area contributed by atoms with E-state index in [4.69, 9.17) is 29.8 Å². The van der Waals surface area contributed by atoms with Crippen molar-refractivity contribution >= 4 is 29.8 Å². The quantitative estimate of drug-likeness (QED) is 0.308. The van der Waals surface area contributed by atoms with Crippen molar-refractivity contribution in [3.8, 4) is 23.0 Å². The third-order valence-electron chi connectivity index (χ3n) is 5.91. The van der Waals surface area contributed by atoms with E-state index in [1.165, 1.54) is 26.4 Å². The number of ketones is 2. The van der Waals surface area contributed by atoms with Crippen molar-refractivity contribution in [2.75, 3.05) is 40.5 Å². The number of nitrogens with zero attached hydrogens (tertiary/aromatic N) is 1. The summed E-state index contributed by atoms with van der Waals surface area (Å²) >= 11 is 0. The molecule has 3 rings (SSSR count).